The van der Waals surface area contributed by atoms with E-state index in [2.05, 4.69) is 54.3 Å². The molecule has 0 saturated heterocycles. The summed E-state index contributed by atoms with van der Waals surface area (Å²) in [5.41, 5.74) is 4.01. The molecule has 1 heterocycles. The molecule has 0 fully saturated rings. The molecule has 2 rings (SSSR count). The van der Waals surface area contributed by atoms with E-state index in [0.717, 1.165) is 26.1 Å². The van der Waals surface area contributed by atoms with E-state index < -0.39 is 0 Å². The maximum absolute atomic E-state index is 9.14. The van der Waals surface area contributed by atoms with E-state index in [1.54, 1.807) is 0 Å². The molecule has 0 spiro atoms. The molecule has 3 nitrogen and oxygen atoms in total. The Balaban J connectivity index is 1.93. The largest absolute Gasteiger partial charge is 0.298 e. The third-order valence-corrected chi connectivity index (χ3v) is 3.95. The Morgan fingerprint density at radius 1 is 1.33 bits per heavy atom. The number of nitriles is 2. The van der Waals surface area contributed by atoms with Gasteiger partial charge in [-0.15, -0.1) is 0 Å². The van der Waals surface area contributed by atoms with E-state index in [1.165, 1.54) is 16.7 Å². The molecule has 0 aromatic heterocycles. The molecule has 0 amide bonds. The standard InChI is InChI=1S/C18H21N3/c1-15-4-2-6-18(12-15)17-7-10-21(11-8-17)14-16(13-20)5-3-9-19/h2,4,6-7,12,16H,3,5,8,10-11,14H2,1H3/t16-/m1/s1. The van der Waals surface area contributed by atoms with Crippen LogP contribution in [0.4, 0.5) is 0 Å². The van der Waals surface area contributed by atoms with Crippen LogP contribution in [0.5, 0.6) is 0 Å². The van der Waals surface area contributed by atoms with Gasteiger partial charge >= 0.3 is 0 Å². The van der Waals surface area contributed by atoms with Crippen LogP contribution in [-0.2, 0) is 0 Å². The molecule has 0 radical (unpaired) electrons. The first-order chi connectivity index (χ1) is 10.2. The van der Waals surface area contributed by atoms with E-state index in [4.69, 9.17) is 10.5 Å². The number of hydrogen-bond acceptors (Lipinski definition) is 3. The molecule has 3 heteroatoms. The maximum atomic E-state index is 9.14. The zero-order valence-corrected chi connectivity index (χ0v) is 12.5. The van der Waals surface area contributed by atoms with Crippen LogP contribution in [-0.4, -0.2) is 24.5 Å². The van der Waals surface area contributed by atoms with Crippen LogP contribution >= 0.6 is 0 Å². The van der Waals surface area contributed by atoms with Crippen LogP contribution in [0.25, 0.3) is 5.57 Å². The van der Waals surface area contributed by atoms with Gasteiger partial charge in [0.05, 0.1) is 18.1 Å². The lowest BCUT2D eigenvalue weighted by Gasteiger charge is -2.28. The zero-order valence-electron chi connectivity index (χ0n) is 12.5. The molecule has 0 saturated carbocycles. The molecule has 1 aliphatic heterocycles. The first kappa shape index (κ1) is 15.3. The van der Waals surface area contributed by atoms with Crippen molar-refractivity contribution >= 4 is 5.57 Å². The maximum Gasteiger partial charge on any atom is 0.0669 e. The average Bonchev–Trinajstić information content (AvgIpc) is 2.52. The highest BCUT2D eigenvalue weighted by molar-refractivity contribution is 5.67. The van der Waals surface area contributed by atoms with Crippen LogP contribution in [0.2, 0.25) is 0 Å². The third kappa shape index (κ3) is 4.45. The summed E-state index contributed by atoms with van der Waals surface area (Å²) in [5.74, 6) is -0.0291. The molecular weight excluding hydrogens is 258 g/mol. The van der Waals surface area contributed by atoms with Crippen molar-refractivity contribution in [1.29, 1.82) is 10.5 Å². The van der Waals surface area contributed by atoms with Crippen molar-refractivity contribution in [3.8, 4) is 12.1 Å². The van der Waals surface area contributed by atoms with Gasteiger partial charge in [0.25, 0.3) is 0 Å². The molecule has 0 bridgehead atoms. The molecule has 0 aliphatic carbocycles. The van der Waals surface area contributed by atoms with Crippen molar-refractivity contribution in [3.63, 3.8) is 0 Å². The average molecular weight is 279 g/mol. The molecule has 1 atom stereocenters. The fourth-order valence-corrected chi connectivity index (χ4v) is 2.73. The van der Waals surface area contributed by atoms with Crippen LogP contribution in [0, 0.1) is 35.5 Å². The van der Waals surface area contributed by atoms with E-state index in [0.29, 0.717) is 12.8 Å². The Bertz CT molecular complexity index is 589. The minimum Gasteiger partial charge on any atom is -0.298 e. The summed E-state index contributed by atoms with van der Waals surface area (Å²) in [5, 5.41) is 17.8. The highest BCUT2D eigenvalue weighted by Gasteiger charge is 2.17. The topological polar surface area (TPSA) is 50.8 Å². The zero-order chi connectivity index (χ0) is 15.1. The van der Waals surface area contributed by atoms with E-state index in [1.807, 2.05) is 0 Å². The number of aryl methyl sites for hydroxylation is 1. The second-order valence-electron chi connectivity index (χ2n) is 5.63. The summed E-state index contributed by atoms with van der Waals surface area (Å²) in [6.07, 6.45) is 4.45. The SMILES string of the molecule is Cc1cccc(C2=CCN(C[C@@H](C#N)CCC#N)CC2)c1. The van der Waals surface area contributed by atoms with Crippen molar-refractivity contribution in [2.24, 2.45) is 5.92 Å². The van der Waals surface area contributed by atoms with Crippen molar-refractivity contribution in [2.45, 2.75) is 26.2 Å². The smallest absolute Gasteiger partial charge is 0.0669 e. The van der Waals surface area contributed by atoms with Crippen LogP contribution < -0.4 is 0 Å². The van der Waals surface area contributed by atoms with Gasteiger partial charge in [0.15, 0.2) is 0 Å². The molecule has 1 aliphatic rings. The van der Waals surface area contributed by atoms with Gasteiger partial charge in [0, 0.05) is 26.1 Å². The minimum atomic E-state index is -0.0291. The summed E-state index contributed by atoms with van der Waals surface area (Å²) in [4.78, 5) is 2.31. The summed E-state index contributed by atoms with van der Waals surface area (Å²) in [6, 6.07) is 13.1. The number of benzene rings is 1. The number of nitrogens with zero attached hydrogens (tertiary/aromatic N) is 3. The highest BCUT2D eigenvalue weighted by Crippen LogP contribution is 2.23. The van der Waals surface area contributed by atoms with Gasteiger partial charge in [-0.25, -0.2) is 0 Å². The predicted molar refractivity (Wildman–Crippen MR) is 84.2 cm³/mol. The Labute approximate surface area is 127 Å². The Hall–Kier alpha value is -2.10. The second kappa shape index (κ2) is 7.62. The first-order valence-corrected chi connectivity index (χ1v) is 7.48. The van der Waals surface area contributed by atoms with Crippen LogP contribution in [0.15, 0.2) is 30.3 Å². The predicted octanol–water partition coefficient (Wildman–Crippen LogP) is 3.53. The van der Waals surface area contributed by atoms with Gasteiger partial charge in [0.2, 0.25) is 0 Å². The lowest BCUT2D eigenvalue weighted by Crippen LogP contribution is -2.33. The van der Waals surface area contributed by atoms with Crippen molar-refractivity contribution in [3.05, 3.63) is 41.5 Å². The molecule has 1 aromatic rings. The molecular formula is C18H21N3. The molecule has 0 N–H and O–H groups in total. The highest BCUT2D eigenvalue weighted by atomic mass is 15.1. The van der Waals surface area contributed by atoms with Crippen LogP contribution in [0.3, 0.4) is 0 Å². The monoisotopic (exact) mass is 279 g/mol. The minimum absolute atomic E-state index is 0.0291. The Morgan fingerprint density at radius 2 is 2.19 bits per heavy atom. The van der Waals surface area contributed by atoms with Gasteiger partial charge in [-0.05, 0) is 30.9 Å². The fraction of sp³-hybridized carbons (Fsp3) is 0.444. The summed E-state index contributed by atoms with van der Waals surface area (Å²) in [7, 11) is 0. The fourth-order valence-electron chi connectivity index (χ4n) is 2.73. The van der Waals surface area contributed by atoms with E-state index >= 15 is 0 Å². The van der Waals surface area contributed by atoms with Gasteiger partial charge in [-0.3, -0.25) is 4.90 Å². The normalized spacial score (nSPS) is 16.6. The summed E-state index contributed by atoms with van der Waals surface area (Å²) in [6.45, 7) is 4.78. The van der Waals surface area contributed by atoms with E-state index in [-0.39, 0.29) is 5.92 Å². The van der Waals surface area contributed by atoms with Crippen molar-refractivity contribution in [1.82, 2.24) is 4.90 Å². The summed E-state index contributed by atoms with van der Waals surface area (Å²) < 4.78 is 0. The van der Waals surface area contributed by atoms with Crippen LogP contribution in [0.1, 0.15) is 30.4 Å². The van der Waals surface area contributed by atoms with Gasteiger partial charge in [0.1, 0.15) is 0 Å². The first-order valence-electron chi connectivity index (χ1n) is 7.48. The van der Waals surface area contributed by atoms with Gasteiger partial charge < -0.3 is 0 Å². The molecule has 0 unspecified atom stereocenters. The number of hydrogen-bond donors (Lipinski definition) is 0. The third-order valence-electron chi connectivity index (χ3n) is 3.95. The Morgan fingerprint density at radius 3 is 2.81 bits per heavy atom. The molecule has 21 heavy (non-hydrogen) atoms. The quantitative estimate of drug-likeness (QED) is 0.828. The van der Waals surface area contributed by atoms with Gasteiger partial charge in [-0.1, -0.05) is 35.9 Å². The van der Waals surface area contributed by atoms with Gasteiger partial charge in [-0.2, -0.15) is 10.5 Å². The van der Waals surface area contributed by atoms with Crippen molar-refractivity contribution in [2.75, 3.05) is 19.6 Å². The second-order valence-corrected chi connectivity index (χ2v) is 5.63. The Kier molecular flexibility index (Phi) is 5.55. The molecule has 1 aromatic carbocycles. The summed E-state index contributed by atoms with van der Waals surface area (Å²) >= 11 is 0. The number of rotatable bonds is 5. The lowest BCUT2D eigenvalue weighted by molar-refractivity contribution is 0.270. The van der Waals surface area contributed by atoms with Crippen molar-refractivity contribution < 1.29 is 0 Å². The molecule has 108 valence electrons. The van der Waals surface area contributed by atoms with E-state index in [9.17, 15) is 0 Å². The lowest BCUT2D eigenvalue weighted by atomic mass is 9.97.